The van der Waals surface area contributed by atoms with Crippen LogP contribution >= 0.6 is 0 Å². The molecule has 2 atom stereocenters. The third-order valence-corrected chi connectivity index (χ3v) is 3.83. The molecule has 0 spiro atoms. The Labute approximate surface area is 109 Å². The van der Waals surface area contributed by atoms with Crippen molar-refractivity contribution in [3.8, 4) is 0 Å². The molecule has 2 rings (SSSR count). The molecule has 3 heteroatoms. The second kappa shape index (κ2) is 6.01. The van der Waals surface area contributed by atoms with Gasteiger partial charge < -0.3 is 10.2 Å². The Balaban J connectivity index is 2.01. The molecule has 1 N–H and O–H groups in total. The van der Waals surface area contributed by atoms with Crippen molar-refractivity contribution in [3.05, 3.63) is 35.9 Å². The quantitative estimate of drug-likeness (QED) is 0.864. The molecule has 0 bridgehead atoms. The molecule has 1 fully saturated rings. The highest BCUT2D eigenvalue weighted by Crippen LogP contribution is 2.23. The largest absolute Gasteiger partial charge is 0.340 e. The average Bonchev–Trinajstić information content (AvgIpc) is 2.77. The maximum absolute atomic E-state index is 11.9. The smallest absolute Gasteiger partial charge is 0.222 e. The molecule has 1 aromatic rings. The Kier molecular flexibility index (Phi) is 4.37. The topological polar surface area (TPSA) is 32.3 Å². The number of likely N-dealkylation sites (tertiary alicyclic amines) is 1. The van der Waals surface area contributed by atoms with Crippen molar-refractivity contribution in [2.45, 2.75) is 25.8 Å². The fourth-order valence-corrected chi connectivity index (χ4v) is 2.57. The minimum atomic E-state index is 0.228. The van der Waals surface area contributed by atoms with Crippen LogP contribution in [0.3, 0.4) is 0 Å². The van der Waals surface area contributed by atoms with Crippen LogP contribution in [-0.4, -0.2) is 30.9 Å². The molecule has 2 unspecified atom stereocenters. The Morgan fingerprint density at radius 1 is 1.39 bits per heavy atom. The van der Waals surface area contributed by atoms with E-state index in [1.165, 1.54) is 5.56 Å². The van der Waals surface area contributed by atoms with E-state index in [4.69, 9.17) is 0 Å². The van der Waals surface area contributed by atoms with Crippen LogP contribution in [0.2, 0.25) is 0 Å². The number of nitrogens with zero attached hydrogens (tertiary/aromatic N) is 1. The van der Waals surface area contributed by atoms with Gasteiger partial charge in [0.25, 0.3) is 0 Å². The van der Waals surface area contributed by atoms with Gasteiger partial charge in [0.05, 0.1) is 0 Å². The molecule has 0 aliphatic carbocycles. The number of rotatable bonds is 5. The molecule has 0 aromatic heterocycles. The van der Waals surface area contributed by atoms with E-state index in [2.05, 4.69) is 24.4 Å². The predicted octanol–water partition coefficient (Wildman–Crippen LogP) is 2.21. The first-order valence-electron chi connectivity index (χ1n) is 6.74. The summed E-state index contributed by atoms with van der Waals surface area (Å²) in [6.07, 6.45) is 1.82. The van der Waals surface area contributed by atoms with Gasteiger partial charge in [-0.05, 0) is 18.5 Å². The Hall–Kier alpha value is -1.35. The van der Waals surface area contributed by atoms with Crippen LogP contribution in [0.4, 0.5) is 0 Å². The summed E-state index contributed by atoms with van der Waals surface area (Å²) in [5.74, 6) is 0.851. The van der Waals surface area contributed by atoms with Gasteiger partial charge in [0.2, 0.25) is 5.91 Å². The van der Waals surface area contributed by atoms with Crippen molar-refractivity contribution in [1.82, 2.24) is 10.2 Å². The zero-order valence-electron chi connectivity index (χ0n) is 11.2. The number of hydrogen-bond donors (Lipinski definition) is 1. The van der Waals surface area contributed by atoms with Gasteiger partial charge in [0.1, 0.15) is 0 Å². The third-order valence-electron chi connectivity index (χ3n) is 3.83. The minimum absolute atomic E-state index is 0.228. The van der Waals surface area contributed by atoms with Crippen molar-refractivity contribution < 1.29 is 4.79 Å². The number of carbonyl (C=O) groups is 1. The van der Waals surface area contributed by atoms with E-state index in [1.54, 1.807) is 0 Å². The summed E-state index contributed by atoms with van der Waals surface area (Å²) in [5, 5.41) is 3.30. The van der Waals surface area contributed by atoms with Gasteiger partial charge in [-0.15, -0.1) is 0 Å². The lowest BCUT2D eigenvalue weighted by Crippen LogP contribution is -2.34. The van der Waals surface area contributed by atoms with Gasteiger partial charge >= 0.3 is 0 Å². The Bertz CT molecular complexity index is 391. The first kappa shape index (κ1) is 13.1. The first-order chi connectivity index (χ1) is 8.74. The molecule has 98 valence electrons. The average molecular weight is 246 g/mol. The monoisotopic (exact) mass is 246 g/mol. The zero-order chi connectivity index (χ0) is 13.0. The lowest BCUT2D eigenvalue weighted by molar-refractivity contribution is -0.128. The molecular weight excluding hydrogens is 224 g/mol. The molecule has 1 amide bonds. The van der Waals surface area contributed by atoms with Crippen LogP contribution in [0.5, 0.6) is 0 Å². The third kappa shape index (κ3) is 2.91. The first-order valence-corrected chi connectivity index (χ1v) is 6.74. The summed E-state index contributed by atoms with van der Waals surface area (Å²) >= 11 is 0. The maximum atomic E-state index is 11.9. The predicted molar refractivity (Wildman–Crippen MR) is 73.2 cm³/mol. The molecule has 3 nitrogen and oxygen atoms in total. The van der Waals surface area contributed by atoms with Crippen molar-refractivity contribution in [3.63, 3.8) is 0 Å². The number of carbonyl (C=O) groups excluding carboxylic acids is 1. The molecule has 0 saturated carbocycles. The Morgan fingerprint density at radius 2 is 2.11 bits per heavy atom. The van der Waals surface area contributed by atoms with Crippen LogP contribution < -0.4 is 5.32 Å². The molecule has 1 saturated heterocycles. The van der Waals surface area contributed by atoms with Gasteiger partial charge in [-0.1, -0.05) is 43.7 Å². The van der Waals surface area contributed by atoms with Crippen LogP contribution in [0.1, 0.15) is 31.4 Å². The summed E-state index contributed by atoms with van der Waals surface area (Å²) in [4.78, 5) is 13.9. The fraction of sp³-hybridized carbons (Fsp3) is 0.533. The Morgan fingerprint density at radius 3 is 2.67 bits per heavy atom. The van der Waals surface area contributed by atoms with E-state index in [0.29, 0.717) is 11.8 Å². The van der Waals surface area contributed by atoms with Gasteiger partial charge in [-0.2, -0.15) is 0 Å². The molecule has 1 heterocycles. The van der Waals surface area contributed by atoms with Crippen molar-refractivity contribution in [2.75, 3.05) is 20.1 Å². The van der Waals surface area contributed by atoms with Crippen molar-refractivity contribution in [2.24, 2.45) is 5.92 Å². The molecule has 0 radical (unpaired) electrons. The highest BCUT2D eigenvalue weighted by Gasteiger charge is 2.29. The van der Waals surface area contributed by atoms with E-state index < -0.39 is 0 Å². The summed E-state index contributed by atoms with van der Waals surface area (Å²) in [7, 11) is 1.95. The maximum Gasteiger partial charge on any atom is 0.222 e. The molecule has 18 heavy (non-hydrogen) atoms. The second-order valence-corrected chi connectivity index (χ2v) is 5.03. The van der Waals surface area contributed by atoms with E-state index in [0.717, 1.165) is 25.9 Å². The zero-order valence-corrected chi connectivity index (χ0v) is 11.2. The summed E-state index contributed by atoms with van der Waals surface area (Å²) in [6, 6.07) is 10.5. The van der Waals surface area contributed by atoms with Crippen molar-refractivity contribution >= 4 is 5.91 Å². The van der Waals surface area contributed by atoms with Gasteiger partial charge in [0.15, 0.2) is 0 Å². The second-order valence-electron chi connectivity index (χ2n) is 5.03. The summed E-state index contributed by atoms with van der Waals surface area (Å²) in [6.45, 7) is 3.85. The number of hydrogen-bond acceptors (Lipinski definition) is 2. The normalized spacial score (nSPS) is 21.3. The standard InChI is InChI=1S/C15H22N2O/c1-3-12-9-15(18)17(10-12)11-14(16-2)13-7-5-4-6-8-13/h4-8,12,14,16H,3,9-11H2,1-2H3. The van der Waals surface area contributed by atoms with Gasteiger partial charge in [-0.25, -0.2) is 0 Å². The number of nitrogens with one attached hydrogen (secondary N) is 1. The number of amides is 1. The lowest BCUT2D eigenvalue weighted by Gasteiger charge is -2.24. The lowest BCUT2D eigenvalue weighted by atomic mass is 10.1. The molecule has 1 aromatic carbocycles. The van der Waals surface area contributed by atoms with Crippen molar-refractivity contribution in [1.29, 1.82) is 0 Å². The van der Waals surface area contributed by atoms with E-state index in [9.17, 15) is 4.79 Å². The van der Waals surface area contributed by atoms with Crippen LogP contribution in [0.25, 0.3) is 0 Å². The molecule has 1 aliphatic heterocycles. The van der Waals surface area contributed by atoms with Crippen LogP contribution in [0, 0.1) is 5.92 Å². The molecule has 1 aliphatic rings. The van der Waals surface area contributed by atoms with E-state index in [-0.39, 0.29) is 6.04 Å². The van der Waals surface area contributed by atoms with Gasteiger partial charge in [0, 0.05) is 25.6 Å². The number of benzene rings is 1. The summed E-state index contributed by atoms with van der Waals surface area (Å²) in [5.41, 5.74) is 1.24. The fourth-order valence-electron chi connectivity index (χ4n) is 2.57. The van der Waals surface area contributed by atoms with Crippen LogP contribution in [-0.2, 0) is 4.79 Å². The van der Waals surface area contributed by atoms with Crippen LogP contribution in [0.15, 0.2) is 30.3 Å². The highest BCUT2D eigenvalue weighted by molar-refractivity contribution is 5.78. The SMILES string of the molecule is CCC1CC(=O)N(CC(NC)c2ccccc2)C1. The number of likely N-dealkylation sites (N-methyl/N-ethyl adjacent to an activating group) is 1. The molecular formula is C15H22N2O. The van der Waals surface area contributed by atoms with Gasteiger partial charge in [-0.3, -0.25) is 4.79 Å². The van der Waals surface area contributed by atoms with E-state index >= 15 is 0 Å². The summed E-state index contributed by atoms with van der Waals surface area (Å²) < 4.78 is 0. The highest BCUT2D eigenvalue weighted by atomic mass is 16.2. The minimum Gasteiger partial charge on any atom is -0.340 e. The van der Waals surface area contributed by atoms with E-state index in [1.807, 2.05) is 30.1 Å².